The molecule has 3 aliphatic rings. The Morgan fingerprint density at radius 3 is 2.62 bits per heavy atom. The minimum atomic E-state index is -1.47. The highest BCUT2D eigenvalue weighted by Gasteiger charge is 2.53. The van der Waals surface area contributed by atoms with Gasteiger partial charge in [-0.15, -0.1) is 0 Å². The van der Waals surface area contributed by atoms with Gasteiger partial charge in [-0.1, -0.05) is 0 Å². The molecule has 40 heavy (non-hydrogen) atoms. The summed E-state index contributed by atoms with van der Waals surface area (Å²) in [4.78, 5) is 12.6. The number of carbonyl (C=O) groups excluding carboxylic acids is 1. The third kappa shape index (κ3) is 7.67. The van der Waals surface area contributed by atoms with Gasteiger partial charge in [0.25, 0.3) is 0 Å². The quantitative estimate of drug-likeness (QED) is 0.0972. The SMILES string of the molecule is CN[C@@H]1[C@@H](O)[C@@H](O[C@H]2[C@H](NC(=O)[C@H](O)CN)C[C@H](N)C([C@H]3OC(CNCCCN)=CC[C@H]3N)[C@@H]2O)OC[C@]1(C)O. The first kappa shape index (κ1) is 33.0. The number of carbonyl (C=O) groups is 1. The lowest BCUT2D eigenvalue weighted by molar-refractivity contribution is -0.297. The van der Waals surface area contributed by atoms with Crippen molar-refractivity contribution in [1.82, 2.24) is 16.0 Å². The molecule has 0 radical (unpaired) electrons. The van der Waals surface area contributed by atoms with Crippen LogP contribution < -0.4 is 38.9 Å². The smallest absolute Gasteiger partial charge is 0.250 e. The summed E-state index contributed by atoms with van der Waals surface area (Å²) in [5.41, 5.74) is 22.6. The van der Waals surface area contributed by atoms with Crippen LogP contribution in [0, 0.1) is 5.92 Å². The van der Waals surface area contributed by atoms with E-state index in [0.29, 0.717) is 25.3 Å². The Labute approximate surface area is 234 Å². The van der Waals surface area contributed by atoms with Gasteiger partial charge in [0.1, 0.15) is 35.8 Å². The Hall–Kier alpha value is -1.47. The van der Waals surface area contributed by atoms with E-state index in [1.54, 1.807) is 7.05 Å². The molecule has 1 amide bonds. The van der Waals surface area contributed by atoms with E-state index < -0.39 is 78.4 Å². The van der Waals surface area contributed by atoms with E-state index in [1.807, 2.05) is 6.08 Å². The summed E-state index contributed by atoms with van der Waals surface area (Å²) in [6, 6.07) is -2.80. The number of aliphatic hydroxyl groups excluding tert-OH is 3. The first-order valence-corrected chi connectivity index (χ1v) is 13.9. The molecule has 15 heteroatoms. The fourth-order valence-corrected chi connectivity index (χ4v) is 5.78. The van der Waals surface area contributed by atoms with Crippen LogP contribution in [0.25, 0.3) is 0 Å². The Morgan fingerprint density at radius 1 is 1.25 bits per heavy atom. The lowest BCUT2D eigenvalue weighted by atomic mass is 9.72. The van der Waals surface area contributed by atoms with Gasteiger partial charge < -0.3 is 73.5 Å². The fraction of sp³-hybridized carbons (Fsp3) is 0.880. The summed E-state index contributed by atoms with van der Waals surface area (Å²) in [6.45, 7) is 2.81. The summed E-state index contributed by atoms with van der Waals surface area (Å²) >= 11 is 0. The Kier molecular flexibility index (Phi) is 12.1. The number of ether oxygens (including phenoxy) is 3. The summed E-state index contributed by atoms with van der Waals surface area (Å²) in [5, 5.41) is 52.0. The second-order valence-corrected chi connectivity index (χ2v) is 11.2. The average Bonchev–Trinajstić information content (AvgIpc) is 2.91. The molecule has 1 aliphatic carbocycles. The van der Waals surface area contributed by atoms with Crippen LogP contribution >= 0.6 is 0 Å². The lowest BCUT2D eigenvalue weighted by Gasteiger charge is -2.50. The van der Waals surface area contributed by atoms with Gasteiger partial charge in [0.2, 0.25) is 5.91 Å². The third-order valence-electron chi connectivity index (χ3n) is 8.00. The summed E-state index contributed by atoms with van der Waals surface area (Å²) < 4.78 is 18.0. The number of nitrogens with two attached hydrogens (primary N) is 4. The van der Waals surface area contributed by atoms with Gasteiger partial charge in [-0.05, 0) is 52.4 Å². The van der Waals surface area contributed by atoms with Crippen molar-refractivity contribution in [2.24, 2.45) is 28.9 Å². The van der Waals surface area contributed by atoms with Gasteiger partial charge in [0, 0.05) is 24.5 Å². The molecule has 15 N–H and O–H groups in total. The number of hydrogen-bond donors (Lipinski definition) is 11. The van der Waals surface area contributed by atoms with Crippen molar-refractivity contribution in [2.75, 3.05) is 39.8 Å². The van der Waals surface area contributed by atoms with Crippen LogP contribution in [0.3, 0.4) is 0 Å². The molecule has 1 saturated heterocycles. The predicted molar refractivity (Wildman–Crippen MR) is 145 cm³/mol. The second kappa shape index (κ2) is 14.6. The molecule has 2 heterocycles. The molecule has 2 fully saturated rings. The van der Waals surface area contributed by atoms with Crippen LogP contribution in [0.2, 0.25) is 0 Å². The van der Waals surface area contributed by atoms with Gasteiger partial charge in [-0.25, -0.2) is 0 Å². The van der Waals surface area contributed by atoms with Crippen molar-refractivity contribution in [3.63, 3.8) is 0 Å². The van der Waals surface area contributed by atoms with Crippen molar-refractivity contribution in [3.05, 3.63) is 11.8 Å². The molecular formula is C25H49N7O8. The Balaban J connectivity index is 1.83. The molecule has 0 aromatic heterocycles. The molecule has 2 aliphatic heterocycles. The summed E-state index contributed by atoms with van der Waals surface area (Å²) in [7, 11) is 1.59. The largest absolute Gasteiger partial charge is 0.492 e. The maximum absolute atomic E-state index is 12.6. The zero-order chi connectivity index (χ0) is 29.6. The molecular weight excluding hydrogens is 526 g/mol. The third-order valence-corrected chi connectivity index (χ3v) is 8.00. The first-order valence-electron chi connectivity index (χ1n) is 13.9. The minimum absolute atomic E-state index is 0.145. The van der Waals surface area contributed by atoms with Crippen LogP contribution in [0.15, 0.2) is 11.8 Å². The number of rotatable bonds is 12. The molecule has 232 valence electrons. The van der Waals surface area contributed by atoms with E-state index in [1.165, 1.54) is 6.92 Å². The van der Waals surface area contributed by atoms with Crippen LogP contribution in [-0.4, -0.2) is 133 Å². The summed E-state index contributed by atoms with van der Waals surface area (Å²) in [5.74, 6) is -0.782. The van der Waals surface area contributed by atoms with E-state index in [0.717, 1.165) is 13.0 Å². The monoisotopic (exact) mass is 575 g/mol. The molecule has 15 nitrogen and oxygen atoms in total. The van der Waals surface area contributed by atoms with Gasteiger partial charge in [-0.3, -0.25) is 4.79 Å². The first-order chi connectivity index (χ1) is 18.9. The molecule has 0 aromatic rings. The van der Waals surface area contributed by atoms with Crippen LogP contribution in [0.1, 0.15) is 26.2 Å². The number of aliphatic hydroxyl groups is 4. The van der Waals surface area contributed by atoms with Gasteiger partial charge in [0.05, 0.1) is 31.3 Å². The maximum atomic E-state index is 12.6. The standard InChI is InChI=1S/C25H49N7O8/c1-25(37)11-38-24(19(35)22(25)30-2)40-21-15(32-23(36)16(33)9-27)8-14(29)17(18(21)34)20-13(28)5-4-12(39-20)10-31-7-3-6-26/h4,13-22,24,30-31,33-35,37H,3,5-11,26-29H2,1-2H3,(H,32,36)/t13-,14+,15-,16-,17?,18+,19-,20+,21+,22-,24-,25+/m1/s1. The maximum Gasteiger partial charge on any atom is 0.250 e. The Morgan fingerprint density at radius 2 is 1.98 bits per heavy atom. The number of amides is 1. The Bertz CT molecular complexity index is 852. The molecule has 1 unspecified atom stereocenters. The van der Waals surface area contributed by atoms with E-state index in [-0.39, 0.29) is 19.6 Å². The van der Waals surface area contributed by atoms with Crippen molar-refractivity contribution in [1.29, 1.82) is 0 Å². The van der Waals surface area contributed by atoms with Crippen molar-refractivity contribution < 1.29 is 39.4 Å². The zero-order valence-corrected chi connectivity index (χ0v) is 23.3. The van der Waals surface area contributed by atoms with Crippen LogP contribution in [0.5, 0.6) is 0 Å². The number of likely N-dealkylation sites (N-methyl/N-ethyl adjacent to an activating group) is 1. The van der Waals surface area contributed by atoms with Gasteiger partial charge in [0.15, 0.2) is 6.29 Å². The van der Waals surface area contributed by atoms with E-state index >= 15 is 0 Å². The molecule has 0 aromatic carbocycles. The van der Waals surface area contributed by atoms with Gasteiger partial charge >= 0.3 is 0 Å². The van der Waals surface area contributed by atoms with Crippen molar-refractivity contribution in [2.45, 2.75) is 92.8 Å². The topological polar surface area (TPSA) is 266 Å². The van der Waals surface area contributed by atoms with Crippen LogP contribution in [-0.2, 0) is 19.0 Å². The molecule has 12 atom stereocenters. The van der Waals surface area contributed by atoms with Gasteiger partial charge in [-0.2, -0.15) is 0 Å². The van der Waals surface area contributed by atoms with E-state index in [9.17, 15) is 25.2 Å². The number of hydrogen-bond acceptors (Lipinski definition) is 14. The normalized spacial score (nSPS) is 41.1. The highest BCUT2D eigenvalue weighted by atomic mass is 16.7. The zero-order valence-electron chi connectivity index (χ0n) is 23.3. The molecule has 1 saturated carbocycles. The predicted octanol–water partition coefficient (Wildman–Crippen LogP) is -5.12. The van der Waals surface area contributed by atoms with Crippen molar-refractivity contribution in [3.8, 4) is 0 Å². The molecule has 0 spiro atoms. The highest BCUT2D eigenvalue weighted by Crippen LogP contribution is 2.36. The van der Waals surface area contributed by atoms with E-state index in [4.69, 9.17) is 37.1 Å². The minimum Gasteiger partial charge on any atom is -0.492 e. The van der Waals surface area contributed by atoms with E-state index in [2.05, 4.69) is 16.0 Å². The van der Waals surface area contributed by atoms with Crippen LogP contribution in [0.4, 0.5) is 0 Å². The lowest BCUT2D eigenvalue weighted by Crippen LogP contribution is -2.69. The number of nitrogens with one attached hydrogen (secondary N) is 3. The summed E-state index contributed by atoms with van der Waals surface area (Å²) in [6.07, 6.45) is -3.79. The average molecular weight is 576 g/mol. The second-order valence-electron chi connectivity index (χ2n) is 11.2. The van der Waals surface area contributed by atoms with Crippen molar-refractivity contribution >= 4 is 5.91 Å². The highest BCUT2D eigenvalue weighted by molar-refractivity contribution is 5.81. The molecule has 3 rings (SSSR count). The molecule has 0 bridgehead atoms. The fourth-order valence-electron chi connectivity index (χ4n) is 5.78.